The molecule has 0 amide bonds. The van der Waals surface area contributed by atoms with Crippen LogP contribution in [-0.2, 0) is 6.54 Å². The second kappa shape index (κ2) is 7.17. The Hall–Kier alpha value is -1.95. The molecular weight excluding hydrogens is 276 g/mol. The van der Waals surface area contributed by atoms with Crippen LogP contribution in [0.15, 0.2) is 36.5 Å². The Morgan fingerprint density at radius 3 is 2.48 bits per heavy atom. The molecule has 0 aliphatic carbocycles. The lowest BCUT2D eigenvalue weighted by Gasteiger charge is -2.20. The minimum absolute atomic E-state index is 0.0296. The first-order chi connectivity index (χ1) is 10.2. The molecule has 0 saturated carbocycles. The number of aromatic nitrogens is 2. The number of rotatable bonds is 7. The van der Waals surface area contributed by atoms with Crippen molar-refractivity contribution in [2.75, 3.05) is 6.54 Å². The van der Waals surface area contributed by atoms with Crippen LogP contribution in [0.25, 0.3) is 0 Å². The zero-order valence-electron chi connectivity index (χ0n) is 12.1. The zero-order chi connectivity index (χ0) is 15.2. The Labute approximate surface area is 122 Å². The molecule has 2 aromatic rings. The van der Waals surface area contributed by atoms with Crippen LogP contribution in [0.5, 0.6) is 5.75 Å². The molecule has 1 heterocycles. The average Bonchev–Trinajstić information content (AvgIpc) is 2.93. The van der Waals surface area contributed by atoms with Crippen molar-refractivity contribution in [1.29, 1.82) is 0 Å². The van der Waals surface area contributed by atoms with Crippen molar-refractivity contribution in [3.05, 3.63) is 47.8 Å². The van der Waals surface area contributed by atoms with Gasteiger partial charge in [-0.1, -0.05) is 19.1 Å². The van der Waals surface area contributed by atoms with E-state index >= 15 is 0 Å². The van der Waals surface area contributed by atoms with E-state index in [1.54, 1.807) is 30.5 Å². The number of nitrogens with zero attached hydrogens (tertiary/aromatic N) is 2. The van der Waals surface area contributed by atoms with Crippen LogP contribution in [0, 0.1) is 0 Å². The van der Waals surface area contributed by atoms with Gasteiger partial charge in [0.2, 0.25) is 0 Å². The summed E-state index contributed by atoms with van der Waals surface area (Å²) in [5.41, 5.74) is 2.02. The summed E-state index contributed by atoms with van der Waals surface area (Å²) in [5.74, 6) is 0.160. The zero-order valence-corrected chi connectivity index (χ0v) is 12.1. The van der Waals surface area contributed by atoms with E-state index in [9.17, 15) is 8.78 Å². The Bertz CT molecular complexity index is 554. The summed E-state index contributed by atoms with van der Waals surface area (Å²) in [5, 5.41) is 7.66. The fourth-order valence-corrected chi connectivity index (χ4v) is 2.29. The Kier molecular flexibility index (Phi) is 5.27. The summed E-state index contributed by atoms with van der Waals surface area (Å²) >= 11 is 0. The number of benzene rings is 1. The van der Waals surface area contributed by atoms with E-state index in [1.807, 2.05) is 24.6 Å². The topological polar surface area (TPSA) is 39.1 Å². The predicted molar refractivity (Wildman–Crippen MR) is 76.5 cm³/mol. The van der Waals surface area contributed by atoms with E-state index in [0.29, 0.717) is 0 Å². The average molecular weight is 295 g/mol. The smallest absolute Gasteiger partial charge is 0.387 e. The van der Waals surface area contributed by atoms with Crippen molar-refractivity contribution in [2.45, 2.75) is 33.0 Å². The molecule has 1 aromatic heterocycles. The molecule has 0 saturated heterocycles. The minimum Gasteiger partial charge on any atom is -0.435 e. The fraction of sp³-hybridized carbons (Fsp3) is 0.400. The molecule has 0 fully saturated rings. The van der Waals surface area contributed by atoms with E-state index < -0.39 is 6.61 Å². The Balaban J connectivity index is 2.26. The summed E-state index contributed by atoms with van der Waals surface area (Å²) < 4.78 is 30.6. The molecule has 0 bridgehead atoms. The van der Waals surface area contributed by atoms with E-state index in [2.05, 4.69) is 15.2 Å². The normalized spacial score (nSPS) is 12.6. The van der Waals surface area contributed by atoms with Gasteiger partial charge in [0.05, 0.1) is 11.7 Å². The highest BCUT2D eigenvalue weighted by atomic mass is 19.3. The first-order valence-electron chi connectivity index (χ1n) is 6.95. The molecule has 21 heavy (non-hydrogen) atoms. The molecule has 0 aliphatic heterocycles. The SMILES string of the molecule is CCNC(c1ccc(OC(F)F)cc1)c1ccnn1CC. The van der Waals surface area contributed by atoms with Crippen LogP contribution in [0.4, 0.5) is 8.78 Å². The lowest BCUT2D eigenvalue weighted by molar-refractivity contribution is -0.0498. The van der Waals surface area contributed by atoms with Crippen molar-refractivity contribution in [3.8, 4) is 5.75 Å². The minimum atomic E-state index is -2.80. The molecule has 1 N–H and O–H groups in total. The summed E-state index contributed by atoms with van der Waals surface area (Å²) in [4.78, 5) is 0. The van der Waals surface area contributed by atoms with Crippen molar-refractivity contribution in [2.24, 2.45) is 0 Å². The Morgan fingerprint density at radius 2 is 1.90 bits per heavy atom. The van der Waals surface area contributed by atoms with Crippen LogP contribution in [0.2, 0.25) is 0 Å². The molecule has 114 valence electrons. The Morgan fingerprint density at radius 1 is 1.19 bits per heavy atom. The van der Waals surface area contributed by atoms with Gasteiger partial charge in [0.1, 0.15) is 5.75 Å². The highest BCUT2D eigenvalue weighted by molar-refractivity contribution is 5.33. The number of ether oxygens (including phenoxy) is 1. The molecule has 0 radical (unpaired) electrons. The van der Waals surface area contributed by atoms with Crippen molar-refractivity contribution >= 4 is 0 Å². The van der Waals surface area contributed by atoms with Crippen molar-refractivity contribution < 1.29 is 13.5 Å². The number of hydrogen-bond acceptors (Lipinski definition) is 3. The fourth-order valence-electron chi connectivity index (χ4n) is 2.29. The summed E-state index contributed by atoms with van der Waals surface area (Å²) in [6.45, 7) is 2.81. The van der Waals surface area contributed by atoms with Gasteiger partial charge < -0.3 is 10.1 Å². The van der Waals surface area contributed by atoms with Crippen LogP contribution in [0.1, 0.15) is 31.1 Å². The van der Waals surface area contributed by atoms with E-state index in [4.69, 9.17) is 0 Å². The molecule has 0 aliphatic rings. The molecule has 4 nitrogen and oxygen atoms in total. The maximum Gasteiger partial charge on any atom is 0.387 e. The number of hydrogen-bond donors (Lipinski definition) is 1. The van der Waals surface area contributed by atoms with Crippen LogP contribution in [-0.4, -0.2) is 22.9 Å². The van der Waals surface area contributed by atoms with Crippen LogP contribution < -0.4 is 10.1 Å². The second-order valence-electron chi connectivity index (χ2n) is 4.51. The van der Waals surface area contributed by atoms with Gasteiger partial charge in [-0.25, -0.2) is 0 Å². The molecule has 1 unspecified atom stereocenters. The molecule has 6 heteroatoms. The van der Waals surface area contributed by atoms with Gasteiger partial charge in [0.25, 0.3) is 0 Å². The summed E-state index contributed by atoms with van der Waals surface area (Å²) in [6.07, 6.45) is 1.76. The van der Waals surface area contributed by atoms with Gasteiger partial charge >= 0.3 is 6.61 Å². The molecule has 1 aromatic carbocycles. The summed E-state index contributed by atoms with van der Waals surface area (Å²) in [7, 11) is 0. The highest BCUT2D eigenvalue weighted by Gasteiger charge is 2.17. The first kappa shape index (κ1) is 15.4. The molecule has 0 spiro atoms. The summed E-state index contributed by atoms with van der Waals surface area (Å²) in [6, 6.07) is 8.62. The second-order valence-corrected chi connectivity index (χ2v) is 4.51. The lowest BCUT2D eigenvalue weighted by atomic mass is 10.0. The number of alkyl halides is 2. The first-order valence-corrected chi connectivity index (χ1v) is 6.95. The largest absolute Gasteiger partial charge is 0.435 e. The van der Waals surface area contributed by atoms with Gasteiger partial charge in [0, 0.05) is 12.7 Å². The van der Waals surface area contributed by atoms with Gasteiger partial charge in [0.15, 0.2) is 0 Å². The number of nitrogens with one attached hydrogen (secondary N) is 1. The van der Waals surface area contributed by atoms with Gasteiger partial charge in [-0.3, -0.25) is 4.68 Å². The van der Waals surface area contributed by atoms with Gasteiger partial charge in [-0.2, -0.15) is 13.9 Å². The third-order valence-corrected chi connectivity index (χ3v) is 3.19. The van der Waals surface area contributed by atoms with Crippen LogP contribution in [0.3, 0.4) is 0 Å². The maximum atomic E-state index is 12.2. The molecule has 1 atom stereocenters. The monoisotopic (exact) mass is 295 g/mol. The maximum absolute atomic E-state index is 12.2. The van der Waals surface area contributed by atoms with Gasteiger partial charge in [-0.15, -0.1) is 0 Å². The lowest BCUT2D eigenvalue weighted by Crippen LogP contribution is -2.24. The predicted octanol–water partition coefficient (Wildman–Crippen LogP) is 3.20. The molecular formula is C15H19F2N3O. The van der Waals surface area contributed by atoms with E-state index in [0.717, 1.165) is 24.3 Å². The van der Waals surface area contributed by atoms with E-state index in [-0.39, 0.29) is 11.8 Å². The third kappa shape index (κ3) is 3.78. The van der Waals surface area contributed by atoms with Crippen LogP contribution >= 0.6 is 0 Å². The highest BCUT2D eigenvalue weighted by Crippen LogP contribution is 2.24. The van der Waals surface area contributed by atoms with Gasteiger partial charge in [-0.05, 0) is 37.2 Å². The number of halogens is 2. The number of aryl methyl sites for hydroxylation is 1. The quantitative estimate of drug-likeness (QED) is 0.852. The van der Waals surface area contributed by atoms with Crippen molar-refractivity contribution in [1.82, 2.24) is 15.1 Å². The standard InChI is InChI=1S/C15H19F2N3O/c1-3-18-14(13-9-10-19-20(13)4-2)11-5-7-12(8-6-11)21-15(16)17/h5-10,14-15,18H,3-4H2,1-2H3. The molecule has 2 rings (SSSR count). The van der Waals surface area contributed by atoms with Crippen molar-refractivity contribution in [3.63, 3.8) is 0 Å². The third-order valence-electron chi connectivity index (χ3n) is 3.19. The van der Waals surface area contributed by atoms with E-state index in [1.165, 1.54) is 0 Å².